The predicted molar refractivity (Wildman–Crippen MR) is 152 cm³/mol. The molecule has 3 heterocycles. The number of carbonyl (C=O) groups is 2. The molecule has 228 valence electrons. The lowest BCUT2D eigenvalue weighted by Gasteiger charge is -2.23. The number of carboxylic acid groups (broad SMARTS) is 1. The highest BCUT2D eigenvalue weighted by atomic mass is 16.5. The highest BCUT2D eigenvalue weighted by Gasteiger charge is 2.12. The minimum atomic E-state index is -1.04. The fourth-order valence-electron chi connectivity index (χ4n) is 4.12. The Labute approximate surface area is 242 Å². The van der Waals surface area contributed by atoms with Gasteiger partial charge in [0.1, 0.15) is 11.4 Å². The number of aldehydes is 1. The molecule has 1 saturated heterocycles. The van der Waals surface area contributed by atoms with Crippen molar-refractivity contribution in [1.29, 1.82) is 0 Å². The summed E-state index contributed by atoms with van der Waals surface area (Å²) in [5, 5.41) is 16.2. The Morgan fingerprint density at radius 2 is 1.32 bits per heavy atom. The van der Waals surface area contributed by atoms with Crippen molar-refractivity contribution >= 4 is 12.3 Å². The van der Waals surface area contributed by atoms with Gasteiger partial charge in [0.05, 0.1) is 64.2 Å². The van der Waals surface area contributed by atoms with E-state index in [9.17, 15) is 14.7 Å². The van der Waals surface area contributed by atoms with Crippen LogP contribution in [-0.4, -0.2) is 128 Å². The van der Waals surface area contributed by atoms with E-state index in [-0.39, 0.29) is 5.69 Å². The fraction of sp³-hybridized carbons (Fsp3) is 0.586. The van der Waals surface area contributed by atoms with Crippen molar-refractivity contribution in [3.8, 4) is 0 Å². The summed E-state index contributed by atoms with van der Waals surface area (Å²) in [5.41, 5.74) is 3.13. The summed E-state index contributed by atoms with van der Waals surface area (Å²) in [6, 6.07) is 8.89. The third kappa shape index (κ3) is 14.1. The lowest BCUT2D eigenvalue weighted by Crippen LogP contribution is -2.33. The van der Waals surface area contributed by atoms with Gasteiger partial charge < -0.3 is 29.2 Å². The number of hydrogen-bond acceptors (Lipinski definition) is 11. The molecule has 0 spiro atoms. The van der Waals surface area contributed by atoms with Gasteiger partial charge in [-0.2, -0.15) is 0 Å². The summed E-state index contributed by atoms with van der Waals surface area (Å²) in [4.78, 5) is 35.6. The van der Waals surface area contributed by atoms with Gasteiger partial charge in [0.15, 0.2) is 6.29 Å². The first-order valence-corrected chi connectivity index (χ1v) is 13.9. The minimum absolute atomic E-state index is 0.0331. The Balaban J connectivity index is 0.00000287. The monoisotopic (exact) mass is 576 g/mol. The summed E-state index contributed by atoms with van der Waals surface area (Å²) < 4.78 is 23.2. The number of carboxylic acids is 1. The number of hydrogen-bond donors (Lipinski definition) is 2. The Kier molecular flexibility index (Phi) is 17.6. The maximum atomic E-state index is 11.3. The maximum Gasteiger partial charge on any atom is 0.354 e. The van der Waals surface area contributed by atoms with Gasteiger partial charge in [0.25, 0.3) is 0 Å². The lowest BCUT2D eigenvalue weighted by molar-refractivity contribution is 0.00598. The van der Waals surface area contributed by atoms with Crippen LogP contribution in [0.25, 0.3) is 0 Å². The Hall–Kier alpha value is -2.84. The highest BCUT2D eigenvalue weighted by molar-refractivity contribution is 5.85. The zero-order chi connectivity index (χ0) is 29.7. The summed E-state index contributed by atoms with van der Waals surface area (Å²) >= 11 is 0. The third-order valence-electron chi connectivity index (χ3n) is 6.24. The number of ether oxygens (including phenoxy) is 4. The van der Waals surface area contributed by atoms with Crippen molar-refractivity contribution < 1.29 is 38.7 Å². The van der Waals surface area contributed by atoms with E-state index >= 15 is 0 Å². The number of rotatable bonds is 7. The standard InChI is InChI=1S/C28H40N4O7.CH4O/c1-2-23-18-25(29-26(19-23)22-33)21-32-8-12-38-16-14-36-10-6-31(7-11-37-15-17-39-13-9-32)20-24-4-3-5-27(30-24)28(34)35;1-2/h3-5,18-19,22H,2,6-17,20-21H2,1H3,(H,34,35);2H,1H3. The molecule has 0 amide bonds. The minimum Gasteiger partial charge on any atom is -0.477 e. The molecule has 1 fully saturated rings. The second-order valence-electron chi connectivity index (χ2n) is 9.18. The van der Waals surface area contributed by atoms with Crippen LogP contribution in [0.5, 0.6) is 0 Å². The first-order chi connectivity index (χ1) is 20.1. The van der Waals surface area contributed by atoms with Gasteiger partial charge in [0, 0.05) is 46.4 Å². The largest absolute Gasteiger partial charge is 0.477 e. The van der Waals surface area contributed by atoms with E-state index in [2.05, 4.69) is 26.7 Å². The Morgan fingerprint density at radius 3 is 1.78 bits per heavy atom. The molecule has 0 radical (unpaired) electrons. The number of pyridine rings is 2. The van der Waals surface area contributed by atoms with Crippen molar-refractivity contribution in [2.24, 2.45) is 0 Å². The van der Waals surface area contributed by atoms with Crippen molar-refractivity contribution in [1.82, 2.24) is 19.8 Å². The van der Waals surface area contributed by atoms with E-state index in [1.165, 1.54) is 6.07 Å². The van der Waals surface area contributed by atoms with E-state index in [1.54, 1.807) is 6.07 Å². The van der Waals surface area contributed by atoms with Crippen LogP contribution in [0.15, 0.2) is 30.3 Å². The molecule has 1 aliphatic heterocycles. The zero-order valence-corrected chi connectivity index (χ0v) is 24.2. The number of aliphatic hydroxyl groups excluding tert-OH is 1. The number of aromatic carboxylic acids is 1. The molecule has 2 N–H and O–H groups in total. The molecule has 12 nitrogen and oxygen atoms in total. The fourth-order valence-corrected chi connectivity index (χ4v) is 4.12. The van der Waals surface area contributed by atoms with Crippen LogP contribution in [-0.2, 0) is 38.5 Å². The van der Waals surface area contributed by atoms with Gasteiger partial charge in [-0.25, -0.2) is 14.8 Å². The summed E-state index contributed by atoms with van der Waals surface area (Å²) in [6.45, 7) is 9.88. The van der Waals surface area contributed by atoms with E-state index in [0.717, 1.165) is 31.1 Å². The average Bonchev–Trinajstić information content (AvgIpc) is 2.99. The van der Waals surface area contributed by atoms with Crippen molar-refractivity contribution in [3.05, 3.63) is 58.7 Å². The topological polar surface area (TPSA) is 144 Å². The predicted octanol–water partition coefficient (Wildman–Crippen LogP) is 1.54. The van der Waals surface area contributed by atoms with Crippen LogP contribution >= 0.6 is 0 Å². The van der Waals surface area contributed by atoms with Gasteiger partial charge in [-0.15, -0.1) is 0 Å². The maximum absolute atomic E-state index is 11.3. The SMILES string of the molecule is CCc1cc(C=O)nc(CN2CCOCCOCCN(Cc3cccc(C(=O)O)n3)CCOCCOCC2)c1.CO. The smallest absolute Gasteiger partial charge is 0.354 e. The summed E-state index contributed by atoms with van der Waals surface area (Å²) in [6.07, 6.45) is 1.64. The zero-order valence-electron chi connectivity index (χ0n) is 24.2. The molecule has 0 unspecified atom stereocenters. The second kappa shape index (κ2) is 20.9. The highest BCUT2D eigenvalue weighted by Crippen LogP contribution is 2.09. The molecule has 2 aromatic rings. The summed E-state index contributed by atoms with van der Waals surface area (Å²) in [7, 11) is 1.00. The van der Waals surface area contributed by atoms with Crippen LogP contribution in [0.3, 0.4) is 0 Å². The van der Waals surface area contributed by atoms with Crippen LogP contribution in [0.2, 0.25) is 0 Å². The van der Waals surface area contributed by atoms with Crippen LogP contribution in [0, 0.1) is 0 Å². The molecular formula is C29H44N4O8. The Morgan fingerprint density at radius 1 is 0.805 bits per heavy atom. The van der Waals surface area contributed by atoms with Crippen molar-refractivity contribution in [3.63, 3.8) is 0 Å². The molecule has 3 rings (SSSR count). The number of aromatic nitrogens is 2. The molecule has 2 aromatic heterocycles. The van der Waals surface area contributed by atoms with Crippen molar-refractivity contribution in [2.75, 3.05) is 86.1 Å². The number of carbonyl (C=O) groups excluding carboxylic acids is 1. The molecule has 0 aliphatic carbocycles. The normalized spacial score (nSPS) is 17.4. The summed E-state index contributed by atoms with van der Waals surface area (Å²) in [5.74, 6) is -1.04. The van der Waals surface area contributed by atoms with E-state index in [4.69, 9.17) is 24.1 Å². The van der Waals surface area contributed by atoms with Crippen molar-refractivity contribution in [2.45, 2.75) is 26.4 Å². The van der Waals surface area contributed by atoms with Gasteiger partial charge in [-0.05, 0) is 36.2 Å². The van der Waals surface area contributed by atoms with Gasteiger partial charge >= 0.3 is 5.97 Å². The third-order valence-corrected chi connectivity index (χ3v) is 6.24. The number of nitrogens with zero attached hydrogens (tertiary/aromatic N) is 4. The molecule has 0 atom stereocenters. The molecule has 12 heteroatoms. The molecule has 0 aromatic carbocycles. The van der Waals surface area contributed by atoms with Gasteiger partial charge in [-0.1, -0.05) is 13.0 Å². The first kappa shape index (κ1) is 34.4. The van der Waals surface area contributed by atoms with Gasteiger partial charge in [-0.3, -0.25) is 14.6 Å². The quantitative estimate of drug-likeness (QED) is 0.462. The van der Waals surface area contributed by atoms with Crippen LogP contribution in [0.1, 0.15) is 44.9 Å². The molecule has 0 bridgehead atoms. The van der Waals surface area contributed by atoms with Crippen LogP contribution < -0.4 is 0 Å². The van der Waals surface area contributed by atoms with E-state index in [1.807, 2.05) is 18.2 Å². The lowest BCUT2D eigenvalue weighted by atomic mass is 10.1. The molecule has 41 heavy (non-hydrogen) atoms. The average molecular weight is 577 g/mol. The van der Waals surface area contributed by atoms with Gasteiger partial charge in [0.2, 0.25) is 0 Å². The second-order valence-corrected chi connectivity index (χ2v) is 9.18. The molecule has 1 aliphatic rings. The molecular weight excluding hydrogens is 532 g/mol. The Bertz CT molecular complexity index is 1010. The first-order valence-electron chi connectivity index (χ1n) is 13.9. The number of aliphatic hydroxyl groups is 1. The van der Waals surface area contributed by atoms with E-state index in [0.29, 0.717) is 104 Å². The van der Waals surface area contributed by atoms with Crippen LogP contribution in [0.4, 0.5) is 0 Å². The van der Waals surface area contributed by atoms with E-state index < -0.39 is 5.97 Å². The molecule has 0 saturated carbocycles. The number of aryl methyl sites for hydroxylation is 1.